The number of guanidine groups is 1. The van der Waals surface area contributed by atoms with Gasteiger partial charge in [0.1, 0.15) is 11.0 Å². The third-order valence-electron chi connectivity index (χ3n) is 3.86. The number of nitrogens with one attached hydrogen (secondary N) is 3. The second-order valence-corrected chi connectivity index (χ2v) is 6.27. The highest BCUT2D eigenvalue weighted by molar-refractivity contribution is 14.0. The van der Waals surface area contributed by atoms with Crippen LogP contribution in [0.1, 0.15) is 21.5 Å². The van der Waals surface area contributed by atoms with E-state index in [2.05, 4.69) is 25.9 Å². The Morgan fingerprint density at radius 2 is 1.86 bits per heavy atom. The molecule has 0 spiro atoms. The summed E-state index contributed by atoms with van der Waals surface area (Å²) in [7, 11) is 1.67. The molecule has 3 N–H and O–H groups in total. The standard InChI is InChI=1S/C19H23ClFN5O.HI/c1-13-3-5-15(11-16(13)21)18(27)23-9-10-25-19(22-2)24-8-7-14-4-6-17(20)26-12-14;/h3-6,11-12H,7-10H2,1-2H3,(H,23,27)(H2,22,24,25);1H. The van der Waals surface area contributed by atoms with Crippen molar-refractivity contribution in [3.05, 3.63) is 64.2 Å². The Labute approximate surface area is 186 Å². The van der Waals surface area contributed by atoms with Crippen molar-refractivity contribution >= 4 is 47.4 Å². The van der Waals surface area contributed by atoms with E-state index in [9.17, 15) is 9.18 Å². The number of amides is 1. The van der Waals surface area contributed by atoms with Crippen molar-refractivity contribution in [2.24, 2.45) is 4.99 Å². The number of aliphatic imine (C=N–C) groups is 1. The summed E-state index contributed by atoms with van der Waals surface area (Å²) in [5, 5.41) is 9.50. The monoisotopic (exact) mass is 519 g/mol. The van der Waals surface area contributed by atoms with Crippen molar-refractivity contribution < 1.29 is 9.18 Å². The minimum absolute atomic E-state index is 0. The maximum Gasteiger partial charge on any atom is 0.251 e. The molecule has 0 aliphatic heterocycles. The predicted molar refractivity (Wildman–Crippen MR) is 121 cm³/mol. The summed E-state index contributed by atoms with van der Waals surface area (Å²) in [6, 6.07) is 8.12. The lowest BCUT2D eigenvalue weighted by molar-refractivity contribution is 0.0954. The number of nitrogens with zero attached hydrogens (tertiary/aromatic N) is 2. The van der Waals surface area contributed by atoms with Crippen molar-refractivity contribution in [1.29, 1.82) is 0 Å². The number of carbonyl (C=O) groups is 1. The number of aromatic nitrogens is 1. The Morgan fingerprint density at radius 1 is 1.14 bits per heavy atom. The summed E-state index contributed by atoms with van der Waals surface area (Å²) in [5.41, 5.74) is 1.88. The summed E-state index contributed by atoms with van der Waals surface area (Å²) >= 11 is 5.76. The lowest BCUT2D eigenvalue weighted by Gasteiger charge is -2.12. The fourth-order valence-electron chi connectivity index (χ4n) is 2.29. The van der Waals surface area contributed by atoms with E-state index in [1.165, 1.54) is 6.07 Å². The Bertz CT molecular complexity index is 801. The lowest BCUT2D eigenvalue weighted by Crippen LogP contribution is -2.42. The maximum absolute atomic E-state index is 13.5. The number of halogens is 3. The van der Waals surface area contributed by atoms with Gasteiger partial charge in [-0.1, -0.05) is 23.7 Å². The first-order valence-electron chi connectivity index (χ1n) is 8.59. The number of carbonyl (C=O) groups excluding carboxylic acids is 1. The molecular formula is C19H24ClFIN5O. The van der Waals surface area contributed by atoms with Gasteiger partial charge >= 0.3 is 0 Å². The summed E-state index contributed by atoms with van der Waals surface area (Å²) in [5.74, 6) is -0.0669. The summed E-state index contributed by atoms with van der Waals surface area (Å²) in [6.45, 7) is 3.21. The minimum atomic E-state index is -0.388. The molecule has 0 aliphatic carbocycles. The molecule has 2 rings (SSSR count). The predicted octanol–water partition coefficient (Wildman–Crippen LogP) is 2.94. The Morgan fingerprint density at radius 3 is 2.50 bits per heavy atom. The van der Waals surface area contributed by atoms with Gasteiger partial charge in [0.25, 0.3) is 5.91 Å². The fraction of sp³-hybridized carbons (Fsp3) is 0.316. The third kappa shape index (κ3) is 7.97. The minimum Gasteiger partial charge on any atom is -0.356 e. The fourth-order valence-corrected chi connectivity index (χ4v) is 2.41. The zero-order valence-corrected chi connectivity index (χ0v) is 18.8. The Kier molecular flexibility index (Phi) is 10.8. The van der Waals surface area contributed by atoms with Crippen LogP contribution in [0.4, 0.5) is 4.39 Å². The van der Waals surface area contributed by atoms with Crippen LogP contribution in [0, 0.1) is 12.7 Å². The van der Waals surface area contributed by atoms with Crippen LogP contribution in [0.15, 0.2) is 41.5 Å². The largest absolute Gasteiger partial charge is 0.356 e. The van der Waals surface area contributed by atoms with Crippen molar-refractivity contribution in [3.8, 4) is 0 Å². The molecular weight excluding hydrogens is 496 g/mol. The number of pyridine rings is 1. The van der Waals surface area contributed by atoms with Crippen LogP contribution in [-0.2, 0) is 6.42 Å². The molecule has 1 heterocycles. The molecule has 0 fully saturated rings. The van der Waals surface area contributed by atoms with E-state index < -0.39 is 0 Å². The van der Waals surface area contributed by atoms with E-state index in [0.717, 1.165) is 12.0 Å². The van der Waals surface area contributed by atoms with Gasteiger partial charge in [0.15, 0.2) is 5.96 Å². The molecule has 0 unspecified atom stereocenters. The molecule has 0 radical (unpaired) electrons. The first-order chi connectivity index (χ1) is 13.0. The molecule has 0 saturated carbocycles. The highest BCUT2D eigenvalue weighted by Gasteiger charge is 2.07. The van der Waals surface area contributed by atoms with Gasteiger partial charge in [0.2, 0.25) is 0 Å². The molecule has 1 aromatic heterocycles. The van der Waals surface area contributed by atoms with Crippen LogP contribution in [0.3, 0.4) is 0 Å². The lowest BCUT2D eigenvalue weighted by atomic mass is 10.1. The van der Waals surface area contributed by atoms with Crippen molar-refractivity contribution in [2.45, 2.75) is 13.3 Å². The van der Waals surface area contributed by atoms with Gasteiger partial charge in [-0.05, 0) is 42.7 Å². The second kappa shape index (κ2) is 12.5. The van der Waals surface area contributed by atoms with Gasteiger partial charge in [-0.25, -0.2) is 9.37 Å². The van der Waals surface area contributed by atoms with E-state index >= 15 is 0 Å². The quantitative estimate of drug-likeness (QED) is 0.173. The molecule has 1 amide bonds. The summed E-state index contributed by atoms with van der Waals surface area (Å²) in [6.07, 6.45) is 2.52. The van der Waals surface area contributed by atoms with E-state index in [1.807, 2.05) is 6.07 Å². The van der Waals surface area contributed by atoms with Gasteiger partial charge in [-0.15, -0.1) is 24.0 Å². The summed E-state index contributed by atoms with van der Waals surface area (Å²) in [4.78, 5) is 20.2. The van der Waals surface area contributed by atoms with E-state index in [-0.39, 0.29) is 35.7 Å². The Balaban J connectivity index is 0.00000392. The molecule has 2 aromatic rings. The first-order valence-corrected chi connectivity index (χ1v) is 8.96. The molecule has 28 heavy (non-hydrogen) atoms. The van der Waals surface area contributed by atoms with Crippen LogP contribution in [0.25, 0.3) is 0 Å². The number of hydrogen-bond donors (Lipinski definition) is 3. The van der Waals surface area contributed by atoms with Crippen molar-refractivity contribution in [3.63, 3.8) is 0 Å². The zero-order valence-electron chi connectivity index (χ0n) is 15.8. The van der Waals surface area contributed by atoms with Crippen molar-refractivity contribution in [1.82, 2.24) is 20.9 Å². The molecule has 1 aromatic carbocycles. The van der Waals surface area contributed by atoms with Gasteiger partial charge in [-0.2, -0.15) is 0 Å². The highest BCUT2D eigenvalue weighted by Crippen LogP contribution is 2.08. The third-order valence-corrected chi connectivity index (χ3v) is 4.08. The van der Waals surface area contributed by atoms with Crippen LogP contribution < -0.4 is 16.0 Å². The number of rotatable bonds is 7. The maximum atomic E-state index is 13.5. The smallest absolute Gasteiger partial charge is 0.251 e. The molecule has 9 heteroatoms. The average molecular weight is 520 g/mol. The number of hydrogen-bond acceptors (Lipinski definition) is 3. The summed E-state index contributed by atoms with van der Waals surface area (Å²) < 4.78 is 13.5. The average Bonchev–Trinajstić information content (AvgIpc) is 2.67. The molecule has 0 bridgehead atoms. The van der Waals surface area contributed by atoms with E-state index in [1.54, 1.807) is 38.4 Å². The molecule has 0 aliphatic rings. The second-order valence-electron chi connectivity index (χ2n) is 5.88. The highest BCUT2D eigenvalue weighted by atomic mass is 127. The van der Waals surface area contributed by atoms with E-state index in [0.29, 0.717) is 41.9 Å². The van der Waals surface area contributed by atoms with Crippen LogP contribution in [0.5, 0.6) is 0 Å². The molecule has 152 valence electrons. The van der Waals surface area contributed by atoms with Gasteiger partial charge in [0.05, 0.1) is 0 Å². The molecule has 0 atom stereocenters. The first kappa shape index (κ1) is 24.1. The van der Waals surface area contributed by atoms with Gasteiger partial charge < -0.3 is 16.0 Å². The molecule has 0 saturated heterocycles. The zero-order chi connectivity index (χ0) is 19.6. The van der Waals surface area contributed by atoms with Gasteiger partial charge in [0, 0.05) is 38.4 Å². The normalized spacial score (nSPS) is 10.8. The van der Waals surface area contributed by atoms with Gasteiger partial charge in [-0.3, -0.25) is 9.79 Å². The SMILES string of the molecule is CN=C(NCCNC(=O)c1ccc(C)c(F)c1)NCCc1ccc(Cl)nc1.I. The number of benzene rings is 1. The Hall–Kier alpha value is -1.94. The number of aryl methyl sites for hydroxylation is 1. The van der Waals surface area contributed by atoms with Crippen LogP contribution in [0.2, 0.25) is 5.15 Å². The van der Waals surface area contributed by atoms with Crippen LogP contribution >= 0.6 is 35.6 Å². The van der Waals surface area contributed by atoms with Crippen LogP contribution in [-0.4, -0.2) is 43.5 Å². The molecule has 6 nitrogen and oxygen atoms in total. The topological polar surface area (TPSA) is 78.4 Å². The van der Waals surface area contributed by atoms with E-state index in [4.69, 9.17) is 11.6 Å². The van der Waals surface area contributed by atoms with Crippen molar-refractivity contribution in [2.75, 3.05) is 26.7 Å².